The number of carboxylic acid groups (broad SMARTS) is 1. The van der Waals surface area contributed by atoms with Crippen molar-refractivity contribution in [1.29, 1.82) is 0 Å². The molecule has 6 heteroatoms. The van der Waals surface area contributed by atoms with E-state index in [1.807, 2.05) is 0 Å². The third-order valence-corrected chi connectivity index (χ3v) is 3.07. The van der Waals surface area contributed by atoms with Gasteiger partial charge in [0.1, 0.15) is 11.7 Å². The van der Waals surface area contributed by atoms with Crippen molar-refractivity contribution in [3.63, 3.8) is 0 Å². The number of aromatic amines is 1. The van der Waals surface area contributed by atoms with Gasteiger partial charge in [0.15, 0.2) is 0 Å². The van der Waals surface area contributed by atoms with E-state index in [-0.39, 0.29) is 11.6 Å². The number of nitrogens with zero attached hydrogens (tertiary/aromatic N) is 1. The molecule has 6 nitrogen and oxygen atoms in total. The highest BCUT2D eigenvalue weighted by Crippen LogP contribution is 2.38. The Bertz CT molecular complexity index is 463. The van der Waals surface area contributed by atoms with Gasteiger partial charge < -0.3 is 10.4 Å². The molecule has 1 atom stereocenters. The van der Waals surface area contributed by atoms with Crippen molar-refractivity contribution in [2.24, 2.45) is 5.92 Å². The van der Waals surface area contributed by atoms with E-state index >= 15 is 0 Å². The smallest absolute Gasteiger partial charge is 0.326 e. The van der Waals surface area contributed by atoms with Gasteiger partial charge in [-0.2, -0.15) is 5.10 Å². The molecule has 0 aliphatic heterocycles. The molecule has 1 fully saturated rings. The molecule has 1 aliphatic rings. The number of aromatic nitrogens is 2. The molecule has 1 heterocycles. The van der Waals surface area contributed by atoms with Gasteiger partial charge in [-0.1, -0.05) is 13.8 Å². The lowest BCUT2D eigenvalue weighted by molar-refractivity contribution is -0.140. The summed E-state index contributed by atoms with van der Waals surface area (Å²) in [6.45, 7) is 3.50. The van der Waals surface area contributed by atoms with Crippen molar-refractivity contribution in [3.05, 3.63) is 17.5 Å². The zero-order valence-electron chi connectivity index (χ0n) is 10.4. The van der Waals surface area contributed by atoms with Gasteiger partial charge in [0.05, 0.1) is 0 Å². The topological polar surface area (TPSA) is 95.1 Å². The molecular weight excluding hydrogens is 234 g/mol. The van der Waals surface area contributed by atoms with Crippen LogP contribution in [0.2, 0.25) is 0 Å². The largest absolute Gasteiger partial charge is 0.480 e. The molecule has 0 aromatic carbocycles. The molecule has 1 aliphatic carbocycles. The normalized spacial score (nSPS) is 16.6. The molecular formula is C12H17N3O3. The molecule has 1 aromatic rings. The Morgan fingerprint density at radius 3 is 2.67 bits per heavy atom. The number of hydrogen-bond acceptors (Lipinski definition) is 3. The Kier molecular flexibility index (Phi) is 3.36. The first-order valence-corrected chi connectivity index (χ1v) is 6.08. The van der Waals surface area contributed by atoms with Crippen molar-refractivity contribution in [3.8, 4) is 0 Å². The van der Waals surface area contributed by atoms with Crippen LogP contribution >= 0.6 is 0 Å². The Balaban J connectivity index is 2.03. The number of hydrogen-bond donors (Lipinski definition) is 3. The van der Waals surface area contributed by atoms with Crippen LogP contribution < -0.4 is 5.32 Å². The summed E-state index contributed by atoms with van der Waals surface area (Å²) in [5.74, 6) is -1.16. The maximum atomic E-state index is 11.9. The molecule has 1 saturated carbocycles. The van der Waals surface area contributed by atoms with Crippen molar-refractivity contribution in [2.75, 3.05) is 0 Å². The van der Waals surface area contributed by atoms with E-state index in [0.717, 1.165) is 18.5 Å². The number of carbonyl (C=O) groups is 2. The fourth-order valence-corrected chi connectivity index (χ4v) is 1.79. The summed E-state index contributed by atoms with van der Waals surface area (Å²) in [7, 11) is 0. The number of H-pyrrole nitrogens is 1. The summed E-state index contributed by atoms with van der Waals surface area (Å²) in [5, 5.41) is 18.2. The van der Waals surface area contributed by atoms with Gasteiger partial charge in [0, 0.05) is 11.6 Å². The minimum atomic E-state index is -1.03. The van der Waals surface area contributed by atoms with Crippen molar-refractivity contribution in [2.45, 2.75) is 38.6 Å². The highest BCUT2D eigenvalue weighted by Gasteiger charge is 2.28. The molecule has 2 rings (SSSR count). The van der Waals surface area contributed by atoms with E-state index in [0.29, 0.717) is 5.92 Å². The number of aliphatic carboxylic acids is 1. The van der Waals surface area contributed by atoms with Crippen LogP contribution in [0.15, 0.2) is 6.07 Å². The minimum absolute atomic E-state index is 0.173. The van der Waals surface area contributed by atoms with Gasteiger partial charge in [-0.25, -0.2) is 4.79 Å². The lowest BCUT2D eigenvalue weighted by Gasteiger charge is -2.16. The SMILES string of the molecule is CC(C)C(NC(=O)c1cc(C2CC2)[nH]n1)C(=O)O. The predicted octanol–water partition coefficient (Wildman–Crippen LogP) is 1.13. The average Bonchev–Trinajstić information content (AvgIpc) is 3.03. The van der Waals surface area contributed by atoms with Crippen molar-refractivity contribution in [1.82, 2.24) is 15.5 Å². The number of carbonyl (C=O) groups excluding carboxylic acids is 1. The molecule has 18 heavy (non-hydrogen) atoms. The summed E-state index contributed by atoms with van der Waals surface area (Å²) in [5.41, 5.74) is 1.21. The molecule has 0 bridgehead atoms. The highest BCUT2D eigenvalue weighted by molar-refractivity contribution is 5.95. The van der Waals surface area contributed by atoms with Crippen LogP contribution in [0.3, 0.4) is 0 Å². The van der Waals surface area contributed by atoms with Gasteiger partial charge in [-0.15, -0.1) is 0 Å². The molecule has 1 aromatic heterocycles. The van der Waals surface area contributed by atoms with Crippen LogP contribution in [-0.4, -0.2) is 33.2 Å². The van der Waals surface area contributed by atoms with Crippen molar-refractivity contribution >= 4 is 11.9 Å². The monoisotopic (exact) mass is 251 g/mol. The lowest BCUT2D eigenvalue weighted by Crippen LogP contribution is -2.44. The third-order valence-electron chi connectivity index (χ3n) is 3.07. The summed E-state index contributed by atoms with van der Waals surface area (Å²) in [6.07, 6.45) is 2.24. The number of nitrogens with one attached hydrogen (secondary N) is 2. The number of carboxylic acids is 1. The van der Waals surface area contributed by atoms with Gasteiger partial charge in [-0.3, -0.25) is 9.89 Å². The molecule has 1 amide bonds. The van der Waals surface area contributed by atoms with Crippen molar-refractivity contribution < 1.29 is 14.7 Å². The first-order valence-electron chi connectivity index (χ1n) is 6.08. The molecule has 1 unspecified atom stereocenters. The van der Waals surface area contributed by atoms with Gasteiger partial charge in [0.25, 0.3) is 5.91 Å². The molecule has 98 valence electrons. The van der Waals surface area contributed by atoms with Crippen LogP contribution in [0.4, 0.5) is 0 Å². The zero-order chi connectivity index (χ0) is 13.3. The first kappa shape index (κ1) is 12.6. The maximum Gasteiger partial charge on any atom is 0.326 e. The summed E-state index contributed by atoms with van der Waals surface area (Å²) < 4.78 is 0. The standard InChI is InChI=1S/C12H17N3O3/c1-6(2)10(12(17)18)13-11(16)9-5-8(14-15-9)7-3-4-7/h5-7,10H,3-4H2,1-2H3,(H,13,16)(H,14,15)(H,17,18). The minimum Gasteiger partial charge on any atom is -0.480 e. The van der Waals surface area contributed by atoms with Crippen LogP contribution in [0, 0.1) is 5.92 Å². The third kappa shape index (κ3) is 2.69. The second-order valence-corrected chi connectivity index (χ2v) is 5.02. The molecule has 0 radical (unpaired) electrons. The maximum absolute atomic E-state index is 11.9. The van der Waals surface area contributed by atoms with Gasteiger partial charge in [-0.05, 0) is 24.8 Å². The summed E-state index contributed by atoms with van der Waals surface area (Å²) in [4.78, 5) is 22.9. The Hall–Kier alpha value is -1.85. The van der Waals surface area contributed by atoms with Gasteiger partial charge in [0.2, 0.25) is 0 Å². The van der Waals surface area contributed by atoms with Gasteiger partial charge >= 0.3 is 5.97 Å². The zero-order valence-corrected chi connectivity index (χ0v) is 10.4. The number of rotatable bonds is 5. The average molecular weight is 251 g/mol. The van der Waals surface area contributed by atoms with E-state index in [4.69, 9.17) is 5.11 Å². The Morgan fingerprint density at radius 2 is 2.17 bits per heavy atom. The summed E-state index contributed by atoms with van der Waals surface area (Å²) >= 11 is 0. The first-order chi connectivity index (χ1) is 8.49. The second kappa shape index (κ2) is 4.80. The van der Waals surface area contributed by atoms with E-state index in [9.17, 15) is 9.59 Å². The van der Waals surface area contributed by atoms with Crippen LogP contribution in [0.1, 0.15) is 48.8 Å². The fourth-order valence-electron chi connectivity index (χ4n) is 1.79. The van der Waals surface area contributed by atoms with E-state index in [1.165, 1.54) is 0 Å². The van der Waals surface area contributed by atoms with E-state index in [2.05, 4.69) is 15.5 Å². The number of amides is 1. The van der Waals surface area contributed by atoms with Crippen LogP contribution in [-0.2, 0) is 4.79 Å². The lowest BCUT2D eigenvalue weighted by atomic mass is 10.0. The Morgan fingerprint density at radius 1 is 1.50 bits per heavy atom. The Labute approximate surface area is 105 Å². The van der Waals surface area contributed by atoms with E-state index < -0.39 is 17.9 Å². The highest BCUT2D eigenvalue weighted by atomic mass is 16.4. The molecule has 3 N–H and O–H groups in total. The van der Waals surface area contributed by atoms with Crippen LogP contribution in [0.5, 0.6) is 0 Å². The quantitative estimate of drug-likeness (QED) is 0.731. The van der Waals surface area contributed by atoms with E-state index in [1.54, 1.807) is 19.9 Å². The fraction of sp³-hybridized carbons (Fsp3) is 0.583. The predicted molar refractivity (Wildman–Crippen MR) is 64.3 cm³/mol. The van der Waals surface area contributed by atoms with Crippen LogP contribution in [0.25, 0.3) is 0 Å². The molecule has 0 spiro atoms. The summed E-state index contributed by atoms with van der Waals surface area (Å²) in [6, 6.07) is 0.810. The molecule has 0 saturated heterocycles. The second-order valence-electron chi connectivity index (χ2n) is 5.02.